The first-order valence-corrected chi connectivity index (χ1v) is 11.6. The Labute approximate surface area is 200 Å². The number of halogens is 3. The normalized spacial score (nSPS) is 18.8. The molecule has 2 aliphatic heterocycles. The molecule has 6 rings (SSSR count). The Kier molecular flexibility index (Phi) is 4.66. The van der Waals surface area contributed by atoms with Crippen LogP contribution in [0.3, 0.4) is 0 Å². The van der Waals surface area contributed by atoms with Gasteiger partial charge >= 0.3 is 0 Å². The molecule has 32 heavy (non-hydrogen) atoms. The number of anilines is 1. The van der Waals surface area contributed by atoms with E-state index >= 15 is 0 Å². The maximum atomic E-state index is 14.3. The predicted octanol–water partition coefficient (Wildman–Crippen LogP) is 6.50. The summed E-state index contributed by atoms with van der Waals surface area (Å²) in [6.45, 7) is 0. The number of hydrogen-bond acceptors (Lipinski definition) is 4. The summed E-state index contributed by atoms with van der Waals surface area (Å²) in [6, 6.07) is 20.4. The highest BCUT2D eigenvalue weighted by atomic mass is 79.9. The van der Waals surface area contributed by atoms with Crippen LogP contribution in [0.4, 0.5) is 10.3 Å². The Morgan fingerprint density at radius 1 is 1.00 bits per heavy atom. The van der Waals surface area contributed by atoms with Crippen molar-refractivity contribution in [2.75, 3.05) is 5.32 Å². The lowest BCUT2D eigenvalue weighted by atomic mass is 9.84. The molecule has 0 amide bonds. The fourth-order valence-electron chi connectivity index (χ4n) is 4.37. The summed E-state index contributed by atoms with van der Waals surface area (Å²) in [6.07, 6.45) is 1.09. The van der Waals surface area contributed by atoms with Gasteiger partial charge in [0.1, 0.15) is 23.9 Å². The molecule has 1 N–H and O–H groups in total. The van der Waals surface area contributed by atoms with Gasteiger partial charge in [-0.2, -0.15) is 10.1 Å². The van der Waals surface area contributed by atoms with Gasteiger partial charge in [0.25, 0.3) is 0 Å². The van der Waals surface area contributed by atoms with E-state index in [1.807, 2.05) is 41.1 Å². The molecule has 3 heterocycles. The van der Waals surface area contributed by atoms with Gasteiger partial charge in [0.05, 0.1) is 5.70 Å². The van der Waals surface area contributed by atoms with Crippen LogP contribution < -0.4 is 10.1 Å². The molecule has 2 atom stereocenters. The second-order valence-electron chi connectivity index (χ2n) is 7.60. The topological polar surface area (TPSA) is 52.0 Å². The molecule has 0 unspecified atom stereocenters. The van der Waals surface area contributed by atoms with Crippen molar-refractivity contribution in [3.8, 4) is 5.75 Å². The summed E-state index contributed by atoms with van der Waals surface area (Å²) in [5.41, 5.74) is 4.40. The lowest BCUT2D eigenvalue weighted by Gasteiger charge is -2.39. The molecule has 5 nitrogen and oxygen atoms in total. The third-order valence-corrected chi connectivity index (χ3v) is 6.92. The minimum Gasteiger partial charge on any atom is -0.480 e. The number of ether oxygens (including phenoxy) is 1. The molecule has 8 heteroatoms. The Hall–Kier alpha value is -2.97. The molecule has 0 aliphatic carbocycles. The molecular formula is C24H15Br2FN4O. The molecular weight excluding hydrogens is 539 g/mol. The Balaban J connectivity index is 1.65. The first-order valence-electron chi connectivity index (χ1n) is 9.97. The minimum atomic E-state index is -0.430. The second-order valence-corrected chi connectivity index (χ2v) is 9.37. The van der Waals surface area contributed by atoms with Crippen molar-refractivity contribution in [3.63, 3.8) is 0 Å². The van der Waals surface area contributed by atoms with Crippen LogP contribution in [0.1, 0.15) is 28.8 Å². The van der Waals surface area contributed by atoms with E-state index < -0.39 is 6.10 Å². The van der Waals surface area contributed by atoms with Crippen LogP contribution in [-0.4, -0.2) is 14.8 Å². The summed E-state index contributed by atoms with van der Waals surface area (Å²) >= 11 is 7.23. The lowest BCUT2D eigenvalue weighted by molar-refractivity contribution is 0.222. The SMILES string of the molecule is Fc1ccc2c(c1)C1=C([C@H](c3ccc(Br)cc3Br)O2)[C@H](c2ccccc2)n2ncnc2N1. The summed E-state index contributed by atoms with van der Waals surface area (Å²) in [4.78, 5) is 4.40. The van der Waals surface area contributed by atoms with Crippen molar-refractivity contribution in [1.29, 1.82) is 0 Å². The van der Waals surface area contributed by atoms with Crippen molar-refractivity contribution in [2.45, 2.75) is 12.1 Å². The van der Waals surface area contributed by atoms with Crippen LogP contribution in [0.15, 0.2) is 87.6 Å². The van der Waals surface area contributed by atoms with E-state index in [-0.39, 0.29) is 11.9 Å². The van der Waals surface area contributed by atoms with Crippen molar-refractivity contribution < 1.29 is 9.13 Å². The summed E-state index contributed by atoms with van der Waals surface area (Å²) < 4.78 is 24.5. The molecule has 0 saturated carbocycles. The number of rotatable bonds is 2. The van der Waals surface area contributed by atoms with Gasteiger partial charge in [-0.25, -0.2) is 9.07 Å². The third kappa shape index (κ3) is 3.09. The van der Waals surface area contributed by atoms with Gasteiger partial charge in [0, 0.05) is 25.6 Å². The predicted molar refractivity (Wildman–Crippen MR) is 127 cm³/mol. The van der Waals surface area contributed by atoms with Crippen LogP contribution in [0.5, 0.6) is 5.75 Å². The minimum absolute atomic E-state index is 0.276. The molecule has 3 aromatic carbocycles. The Morgan fingerprint density at radius 3 is 2.66 bits per heavy atom. The maximum Gasteiger partial charge on any atom is 0.226 e. The molecule has 4 aromatic rings. The van der Waals surface area contributed by atoms with Gasteiger partial charge in [-0.15, -0.1) is 0 Å². The van der Waals surface area contributed by atoms with E-state index in [2.05, 4.69) is 59.4 Å². The van der Waals surface area contributed by atoms with Gasteiger partial charge in [-0.1, -0.05) is 68.3 Å². The molecule has 0 saturated heterocycles. The second kappa shape index (κ2) is 7.56. The summed E-state index contributed by atoms with van der Waals surface area (Å²) in [7, 11) is 0. The summed E-state index contributed by atoms with van der Waals surface area (Å²) in [5, 5.41) is 7.89. The monoisotopic (exact) mass is 552 g/mol. The number of hydrogen-bond donors (Lipinski definition) is 1. The van der Waals surface area contributed by atoms with Crippen molar-refractivity contribution in [3.05, 3.63) is 110 Å². The lowest BCUT2D eigenvalue weighted by Crippen LogP contribution is -2.32. The van der Waals surface area contributed by atoms with Gasteiger partial charge in [-0.05, 0) is 35.9 Å². The Bertz CT molecular complexity index is 1390. The van der Waals surface area contributed by atoms with Crippen LogP contribution in [0.2, 0.25) is 0 Å². The number of benzene rings is 3. The standard InChI is InChI=1S/C24H15Br2FN4O/c25-14-6-8-16(18(26)10-14)23-20-21(17-11-15(27)7-9-19(17)32-23)30-24-28-12-29-31(24)22(20)13-4-2-1-3-5-13/h1-12,22-23H,(H,28,29,30)/t22-,23-/m0/s1. The zero-order valence-electron chi connectivity index (χ0n) is 16.5. The molecule has 0 fully saturated rings. The number of nitrogens with zero attached hydrogens (tertiary/aromatic N) is 3. The highest BCUT2D eigenvalue weighted by Gasteiger charge is 2.41. The zero-order valence-corrected chi connectivity index (χ0v) is 19.6. The number of aromatic nitrogens is 3. The van der Waals surface area contributed by atoms with Crippen LogP contribution in [0, 0.1) is 5.82 Å². The van der Waals surface area contributed by atoms with Crippen LogP contribution >= 0.6 is 31.9 Å². The average Bonchev–Trinajstić information content (AvgIpc) is 3.26. The van der Waals surface area contributed by atoms with Gasteiger partial charge < -0.3 is 10.1 Å². The quantitative estimate of drug-likeness (QED) is 0.308. The molecule has 158 valence electrons. The van der Waals surface area contributed by atoms with E-state index in [9.17, 15) is 4.39 Å². The average molecular weight is 554 g/mol. The number of nitrogens with one attached hydrogen (secondary N) is 1. The molecule has 0 spiro atoms. The van der Waals surface area contributed by atoms with Crippen molar-refractivity contribution in [1.82, 2.24) is 14.8 Å². The highest BCUT2D eigenvalue weighted by Crippen LogP contribution is 2.51. The maximum absolute atomic E-state index is 14.3. The largest absolute Gasteiger partial charge is 0.480 e. The molecule has 0 bridgehead atoms. The fourth-order valence-corrected chi connectivity index (χ4v) is 5.63. The smallest absolute Gasteiger partial charge is 0.226 e. The fraction of sp³-hybridized carbons (Fsp3) is 0.0833. The van der Waals surface area contributed by atoms with Crippen molar-refractivity contribution in [2.24, 2.45) is 0 Å². The van der Waals surface area contributed by atoms with E-state index in [0.29, 0.717) is 17.3 Å². The van der Waals surface area contributed by atoms with E-state index in [1.54, 1.807) is 6.07 Å². The summed E-state index contributed by atoms with van der Waals surface area (Å²) in [5.74, 6) is 0.883. The van der Waals surface area contributed by atoms with Crippen LogP contribution in [0.25, 0.3) is 5.70 Å². The van der Waals surface area contributed by atoms with Gasteiger partial charge in [-0.3, -0.25) is 0 Å². The molecule has 1 aromatic heterocycles. The molecule has 2 aliphatic rings. The van der Waals surface area contributed by atoms with Gasteiger partial charge in [0.15, 0.2) is 6.10 Å². The van der Waals surface area contributed by atoms with E-state index in [0.717, 1.165) is 31.3 Å². The van der Waals surface area contributed by atoms with Crippen LogP contribution in [-0.2, 0) is 0 Å². The highest BCUT2D eigenvalue weighted by molar-refractivity contribution is 9.11. The third-order valence-electron chi connectivity index (χ3n) is 5.74. The van der Waals surface area contributed by atoms with E-state index in [1.165, 1.54) is 18.5 Å². The molecule has 0 radical (unpaired) electrons. The Morgan fingerprint density at radius 2 is 1.84 bits per heavy atom. The zero-order chi connectivity index (χ0) is 21.8. The number of fused-ring (bicyclic) bond motifs is 3. The van der Waals surface area contributed by atoms with E-state index in [4.69, 9.17) is 4.74 Å². The first kappa shape index (κ1) is 19.7. The van der Waals surface area contributed by atoms with Crippen molar-refractivity contribution >= 4 is 43.5 Å². The first-order chi connectivity index (χ1) is 15.6. The van der Waals surface area contributed by atoms with Gasteiger partial charge in [0.2, 0.25) is 5.95 Å².